The van der Waals surface area contributed by atoms with Gasteiger partial charge < -0.3 is 5.11 Å². The normalized spacial score (nSPS) is 13.5. The van der Waals surface area contributed by atoms with Crippen molar-refractivity contribution in [1.82, 2.24) is 9.97 Å². The molecule has 0 spiro atoms. The zero-order chi connectivity index (χ0) is 14.3. The monoisotopic (exact) mass is 269 g/mol. The summed E-state index contributed by atoms with van der Waals surface area (Å²) < 4.78 is 0. The van der Waals surface area contributed by atoms with Crippen LogP contribution in [0.5, 0.6) is 0 Å². The predicted molar refractivity (Wildman–Crippen MR) is 66.6 cm³/mol. The average molecular weight is 269 g/mol. The number of anilines is 1. The summed E-state index contributed by atoms with van der Waals surface area (Å²) in [4.78, 5) is 43.8. The van der Waals surface area contributed by atoms with Gasteiger partial charge in [-0.3, -0.25) is 9.59 Å². The summed E-state index contributed by atoms with van der Waals surface area (Å²) in [5, 5.41) is 8.92. The minimum absolute atomic E-state index is 0.0453. The van der Waals surface area contributed by atoms with Crippen LogP contribution in [0.2, 0.25) is 0 Å². The van der Waals surface area contributed by atoms with Gasteiger partial charge in [0.15, 0.2) is 0 Å². The number of aromatic nitrogens is 2. The van der Waals surface area contributed by atoms with Crippen LogP contribution >= 0.6 is 0 Å². The first kappa shape index (κ1) is 12.0. The molecule has 7 nitrogen and oxygen atoms in total. The summed E-state index contributed by atoms with van der Waals surface area (Å²) in [7, 11) is 0. The Bertz CT molecular complexity index is 743. The molecule has 0 radical (unpaired) electrons. The minimum atomic E-state index is -1.16. The van der Waals surface area contributed by atoms with Crippen LogP contribution in [0.15, 0.2) is 36.9 Å². The van der Waals surface area contributed by atoms with Gasteiger partial charge in [-0.05, 0) is 18.2 Å². The number of carboxylic acid groups (broad SMARTS) is 1. The van der Waals surface area contributed by atoms with Crippen molar-refractivity contribution >= 4 is 23.5 Å². The number of carbonyl (C=O) groups excluding carboxylic acids is 2. The SMILES string of the molecule is O=C(O)c1ccc2c(c1)C(=O)N(c1cncnc1)C2=O. The fourth-order valence-corrected chi connectivity index (χ4v) is 2.02. The second-order valence-corrected chi connectivity index (χ2v) is 4.11. The molecule has 20 heavy (non-hydrogen) atoms. The maximum atomic E-state index is 12.2. The summed E-state index contributed by atoms with van der Waals surface area (Å²) in [5.74, 6) is -2.26. The van der Waals surface area contributed by atoms with E-state index in [1.165, 1.54) is 36.9 Å². The van der Waals surface area contributed by atoms with E-state index in [4.69, 9.17) is 5.11 Å². The van der Waals surface area contributed by atoms with E-state index < -0.39 is 17.8 Å². The van der Waals surface area contributed by atoms with E-state index in [2.05, 4.69) is 9.97 Å². The maximum absolute atomic E-state index is 12.2. The van der Waals surface area contributed by atoms with Crippen LogP contribution in [-0.4, -0.2) is 32.9 Å². The van der Waals surface area contributed by atoms with Gasteiger partial charge >= 0.3 is 5.97 Å². The largest absolute Gasteiger partial charge is 0.478 e. The Kier molecular flexibility index (Phi) is 2.53. The van der Waals surface area contributed by atoms with Gasteiger partial charge in [-0.25, -0.2) is 19.7 Å². The molecule has 0 saturated heterocycles. The Morgan fingerprint density at radius 3 is 2.35 bits per heavy atom. The number of rotatable bonds is 2. The molecule has 0 aliphatic carbocycles. The first-order chi connectivity index (χ1) is 9.59. The van der Waals surface area contributed by atoms with Gasteiger partial charge in [0, 0.05) is 0 Å². The molecule has 0 unspecified atom stereocenters. The Morgan fingerprint density at radius 2 is 1.70 bits per heavy atom. The lowest BCUT2D eigenvalue weighted by Crippen LogP contribution is -2.29. The molecule has 0 atom stereocenters. The third-order valence-electron chi connectivity index (χ3n) is 2.94. The van der Waals surface area contributed by atoms with Gasteiger partial charge in [0.05, 0.1) is 34.8 Å². The Hall–Kier alpha value is -3.09. The summed E-state index contributed by atoms with van der Waals surface area (Å²) in [5.41, 5.74) is 0.439. The van der Waals surface area contributed by atoms with Crippen LogP contribution in [0, 0.1) is 0 Å². The van der Waals surface area contributed by atoms with E-state index in [1.807, 2.05) is 0 Å². The highest BCUT2D eigenvalue weighted by molar-refractivity contribution is 6.34. The Labute approximate surface area is 112 Å². The molecule has 1 aliphatic heterocycles. The smallest absolute Gasteiger partial charge is 0.335 e. The van der Waals surface area contributed by atoms with Gasteiger partial charge in [-0.1, -0.05) is 0 Å². The van der Waals surface area contributed by atoms with Crippen LogP contribution in [0.25, 0.3) is 0 Å². The van der Waals surface area contributed by atoms with Crippen molar-refractivity contribution in [2.75, 3.05) is 4.90 Å². The highest BCUT2D eigenvalue weighted by Crippen LogP contribution is 2.28. The predicted octanol–water partition coefficient (Wildman–Crippen LogP) is 0.975. The molecule has 1 aromatic heterocycles. The van der Waals surface area contributed by atoms with Crippen molar-refractivity contribution in [3.63, 3.8) is 0 Å². The number of carbonyl (C=O) groups is 3. The summed E-state index contributed by atoms with van der Waals surface area (Å²) in [6.45, 7) is 0. The third-order valence-corrected chi connectivity index (χ3v) is 2.94. The van der Waals surface area contributed by atoms with E-state index in [0.717, 1.165) is 4.90 Å². The standard InChI is InChI=1S/C13H7N3O4/c17-11-9-2-1-7(13(19)20)3-10(9)12(18)16(11)8-4-14-6-15-5-8/h1-6H,(H,19,20). The molecule has 2 heterocycles. The first-order valence-electron chi connectivity index (χ1n) is 5.60. The summed E-state index contributed by atoms with van der Waals surface area (Å²) in [6.07, 6.45) is 3.96. The van der Waals surface area contributed by atoms with Gasteiger partial charge in [-0.15, -0.1) is 0 Å². The molecule has 0 fully saturated rings. The van der Waals surface area contributed by atoms with E-state index >= 15 is 0 Å². The van der Waals surface area contributed by atoms with Crippen molar-refractivity contribution in [3.05, 3.63) is 53.6 Å². The number of amides is 2. The third kappa shape index (κ3) is 1.64. The van der Waals surface area contributed by atoms with E-state index in [9.17, 15) is 14.4 Å². The Morgan fingerprint density at radius 1 is 1.05 bits per heavy atom. The summed E-state index contributed by atoms with van der Waals surface area (Å²) in [6, 6.07) is 3.82. The lowest BCUT2D eigenvalue weighted by Gasteiger charge is -2.11. The molecular weight excluding hydrogens is 262 g/mol. The summed E-state index contributed by atoms with van der Waals surface area (Å²) >= 11 is 0. The molecule has 1 aromatic carbocycles. The lowest BCUT2D eigenvalue weighted by molar-refractivity contribution is 0.0696. The fraction of sp³-hybridized carbons (Fsp3) is 0. The molecule has 2 amide bonds. The second kappa shape index (κ2) is 4.23. The minimum Gasteiger partial charge on any atom is -0.478 e. The molecule has 3 rings (SSSR count). The van der Waals surface area contributed by atoms with Gasteiger partial charge in [0.25, 0.3) is 11.8 Å². The van der Waals surface area contributed by atoms with Gasteiger partial charge in [0.2, 0.25) is 0 Å². The zero-order valence-corrected chi connectivity index (χ0v) is 9.98. The number of carboxylic acids is 1. The highest BCUT2D eigenvalue weighted by Gasteiger charge is 2.37. The highest BCUT2D eigenvalue weighted by atomic mass is 16.4. The molecule has 1 aliphatic rings. The van der Waals surface area contributed by atoms with E-state index in [0.29, 0.717) is 0 Å². The number of hydrogen-bond donors (Lipinski definition) is 1. The van der Waals surface area contributed by atoms with Crippen molar-refractivity contribution in [3.8, 4) is 0 Å². The van der Waals surface area contributed by atoms with Crippen LogP contribution < -0.4 is 4.90 Å². The average Bonchev–Trinajstić information content (AvgIpc) is 2.71. The second-order valence-electron chi connectivity index (χ2n) is 4.11. The number of hydrogen-bond acceptors (Lipinski definition) is 5. The van der Waals surface area contributed by atoms with Crippen LogP contribution in [-0.2, 0) is 0 Å². The van der Waals surface area contributed by atoms with Crippen LogP contribution in [0.1, 0.15) is 31.1 Å². The molecule has 1 N–H and O–H groups in total. The van der Waals surface area contributed by atoms with E-state index in [1.54, 1.807) is 0 Å². The molecule has 2 aromatic rings. The molecule has 0 saturated carbocycles. The lowest BCUT2D eigenvalue weighted by atomic mass is 10.1. The van der Waals surface area contributed by atoms with Crippen molar-refractivity contribution < 1.29 is 19.5 Å². The number of fused-ring (bicyclic) bond motifs is 1. The van der Waals surface area contributed by atoms with Gasteiger partial charge in [-0.2, -0.15) is 0 Å². The van der Waals surface area contributed by atoms with Crippen LogP contribution in [0.3, 0.4) is 0 Å². The fourth-order valence-electron chi connectivity index (χ4n) is 2.02. The topological polar surface area (TPSA) is 100 Å². The van der Waals surface area contributed by atoms with E-state index in [-0.39, 0.29) is 22.4 Å². The quantitative estimate of drug-likeness (QED) is 0.815. The maximum Gasteiger partial charge on any atom is 0.335 e. The van der Waals surface area contributed by atoms with Crippen molar-refractivity contribution in [2.45, 2.75) is 0 Å². The number of benzene rings is 1. The van der Waals surface area contributed by atoms with Crippen LogP contribution in [0.4, 0.5) is 5.69 Å². The molecule has 7 heteroatoms. The molecular formula is C13H7N3O4. The first-order valence-corrected chi connectivity index (χ1v) is 5.60. The van der Waals surface area contributed by atoms with Gasteiger partial charge in [0.1, 0.15) is 6.33 Å². The molecule has 0 bridgehead atoms. The Balaban J connectivity index is 2.11. The molecule has 98 valence electrons. The number of nitrogens with zero attached hydrogens (tertiary/aromatic N) is 3. The zero-order valence-electron chi connectivity index (χ0n) is 9.98. The number of imide groups is 1. The number of aromatic carboxylic acids is 1. The van der Waals surface area contributed by atoms with Crippen molar-refractivity contribution in [1.29, 1.82) is 0 Å². The van der Waals surface area contributed by atoms with Crippen molar-refractivity contribution in [2.24, 2.45) is 0 Å².